The van der Waals surface area contributed by atoms with Gasteiger partial charge in [0.05, 0.1) is 0 Å². The lowest BCUT2D eigenvalue weighted by atomic mass is 10.3. The van der Waals surface area contributed by atoms with Crippen LogP contribution in [0, 0.1) is 22.9 Å². The van der Waals surface area contributed by atoms with Crippen molar-refractivity contribution in [2.75, 3.05) is 0 Å². The van der Waals surface area contributed by atoms with Crippen LogP contribution in [-0.2, 0) is 7.05 Å². The Morgan fingerprint density at radius 3 is 1.47 bits per heavy atom. The number of pyridine rings is 1. The van der Waals surface area contributed by atoms with E-state index in [1.165, 1.54) is 0 Å². The van der Waals surface area contributed by atoms with Crippen molar-refractivity contribution in [2.24, 2.45) is 7.05 Å². The zero-order valence-corrected chi connectivity index (χ0v) is 15.2. The molecule has 0 fully saturated rings. The highest BCUT2D eigenvalue weighted by atomic mass is 28.3. The fraction of sp³-hybridized carbons (Fsp3) is 0.438. The lowest BCUT2D eigenvalue weighted by Crippen LogP contribution is -2.36. The summed E-state index contributed by atoms with van der Waals surface area (Å²) < 4.78 is 2.10. The third-order valence-corrected chi connectivity index (χ3v) is 4.11. The van der Waals surface area contributed by atoms with Gasteiger partial charge in [-0.15, -0.1) is 11.1 Å². The van der Waals surface area contributed by atoms with E-state index in [2.05, 4.69) is 78.9 Å². The average molecular weight is 287 g/mol. The predicted molar refractivity (Wildman–Crippen MR) is 88.1 cm³/mol. The highest BCUT2D eigenvalue weighted by molar-refractivity contribution is 6.84. The molecule has 0 unspecified atom stereocenters. The second kappa shape index (κ2) is 5.78. The Balaban J connectivity index is 3.18. The molecule has 1 aromatic rings. The molecule has 19 heavy (non-hydrogen) atoms. The van der Waals surface area contributed by atoms with E-state index in [1.807, 2.05) is 13.1 Å². The first-order valence-electron chi connectivity index (χ1n) is 6.64. The lowest BCUT2D eigenvalue weighted by Gasteiger charge is -2.04. The van der Waals surface area contributed by atoms with Gasteiger partial charge in [-0.1, -0.05) is 39.3 Å². The second-order valence-corrected chi connectivity index (χ2v) is 16.4. The molecule has 1 heterocycles. The molecule has 0 bridgehead atoms. The molecule has 1 nitrogen and oxygen atoms in total. The van der Waals surface area contributed by atoms with Crippen LogP contribution < -0.4 is 4.57 Å². The Morgan fingerprint density at radius 1 is 0.789 bits per heavy atom. The Morgan fingerprint density at radius 2 is 1.16 bits per heavy atom. The summed E-state index contributed by atoms with van der Waals surface area (Å²) in [6.07, 6.45) is 0. The number of aromatic nitrogens is 1. The van der Waals surface area contributed by atoms with Crippen molar-refractivity contribution in [3.05, 3.63) is 29.6 Å². The topological polar surface area (TPSA) is 3.88 Å². The van der Waals surface area contributed by atoms with Crippen LogP contribution in [0.15, 0.2) is 18.2 Å². The molecule has 0 amide bonds. The molecule has 0 aliphatic heterocycles. The fourth-order valence-corrected chi connectivity index (χ4v) is 2.34. The molecule has 0 aliphatic carbocycles. The van der Waals surface area contributed by atoms with Crippen LogP contribution in [-0.4, -0.2) is 16.1 Å². The van der Waals surface area contributed by atoms with Gasteiger partial charge in [0.2, 0.25) is 0 Å². The molecule has 0 N–H and O–H groups in total. The molecule has 0 aliphatic rings. The molecule has 0 saturated heterocycles. The van der Waals surface area contributed by atoms with E-state index in [1.54, 1.807) is 0 Å². The predicted octanol–water partition coefficient (Wildman–Crippen LogP) is 2.97. The summed E-state index contributed by atoms with van der Waals surface area (Å²) in [6.45, 7) is 13.6. The second-order valence-electron chi connectivity index (χ2n) is 6.86. The van der Waals surface area contributed by atoms with Gasteiger partial charge in [-0.3, -0.25) is 0 Å². The van der Waals surface area contributed by atoms with Gasteiger partial charge in [0.1, 0.15) is 23.2 Å². The van der Waals surface area contributed by atoms with E-state index in [9.17, 15) is 0 Å². The van der Waals surface area contributed by atoms with Crippen LogP contribution in [0.5, 0.6) is 0 Å². The first kappa shape index (κ1) is 15.8. The Hall–Kier alpha value is -1.30. The maximum atomic E-state index is 3.41. The minimum atomic E-state index is -1.33. The van der Waals surface area contributed by atoms with Gasteiger partial charge in [-0.25, -0.2) is 0 Å². The molecular weight excluding hydrogens is 262 g/mol. The molecule has 100 valence electrons. The highest BCUT2D eigenvalue weighted by Gasteiger charge is 2.13. The smallest absolute Gasteiger partial charge is 0.180 e. The highest BCUT2D eigenvalue weighted by Crippen LogP contribution is 2.00. The van der Waals surface area contributed by atoms with Crippen molar-refractivity contribution >= 4 is 16.1 Å². The van der Waals surface area contributed by atoms with E-state index in [0.717, 1.165) is 11.4 Å². The van der Waals surface area contributed by atoms with Gasteiger partial charge in [-0.05, 0) is 17.9 Å². The van der Waals surface area contributed by atoms with Gasteiger partial charge < -0.3 is 0 Å². The molecular formula is C16H24NSi2+. The number of rotatable bonds is 0. The molecule has 1 aromatic heterocycles. The first-order valence-corrected chi connectivity index (χ1v) is 13.6. The van der Waals surface area contributed by atoms with Crippen LogP contribution in [0.2, 0.25) is 39.3 Å². The van der Waals surface area contributed by atoms with Gasteiger partial charge in [0.25, 0.3) is 11.4 Å². The van der Waals surface area contributed by atoms with E-state index in [0.29, 0.717) is 0 Å². The van der Waals surface area contributed by atoms with Crippen molar-refractivity contribution in [2.45, 2.75) is 39.3 Å². The molecule has 0 spiro atoms. The largest absolute Gasteiger partial charge is 0.257 e. The third kappa shape index (κ3) is 5.92. The normalized spacial score (nSPS) is 11.1. The van der Waals surface area contributed by atoms with Crippen molar-refractivity contribution in [3.63, 3.8) is 0 Å². The van der Waals surface area contributed by atoms with Crippen molar-refractivity contribution in [1.82, 2.24) is 0 Å². The number of hydrogen-bond acceptors (Lipinski definition) is 0. The first-order chi connectivity index (χ1) is 8.58. The summed E-state index contributed by atoms with van der Waals surface area (Å²) in [5.74, 6) is 6.62. The maximum Gasteiger partial charge on any atom is 0.257 e. The Bertz CT molecular complexity index is 531. The van der Waals surface area contributed by atoms with Crippen molar-refractivity contribution in [1.29, 1.82) is 0 Å². The van der Waals surface area contributed by atoms with E-state index >= 15 is 0 Å². The van der Waals surface area contributed by atoms with Crippen molar-refractivity contribution in [3.8, 4) is 22.9 Å². The Kier molecular flexibility index (Phi) is 4.79. The summed E-state index contributed by atoms with van der Waals surface area (Å²) in [4.78, 5) is 0. The van der Waals surface area contributed by atoms with Gasteiger partial charge in [0.15, 0.2) is 0 Å². The maximum absolute atomic E-state index is 3.41. The summed E-state index contributed by atoms with van der Waals surface area (Å²) >= 11 is 0. The van der Waals surface area contributed by atoms with Crippen LogP contribution in [0.1, 0.15) is 11.4 Å². The van der Waals surface area contributed by atoms with Crippen LogP contribution >= 0.6 is 0 Å². The Labute approximate surface area is 120 Å². The van der Waals surface area contributed by atoms with Crippen LogP contribution in [0.4, 0.5) is 0 Å². The number of nitrogens with zero attached hydrogens (tertiary/aromatic N) is 1. The van der Waals surface area contributed by atoms with Gasteiger partial charge in [0, 0.05) is 12.1 Å². The van der Waals surface area contributed by atoms with Crippen LogP contribution in [0.25, 0.3) is 0 Å². The minimum absolute atomic E-state index is 1.05. The van der Waals surface area contributed by atoms with E-state index in [4.69, 9.17) is 0 Å². The van der Waals surface area contributed by atoms with Gasteiger partial charge in [-0.2, -0.15) is 4.57 Å². The van der Waals surface area contributed by atoms with E-state index < -0.39 is 16.1 Å². The molecule has 0 radical (unpaired) electrons. The minimum Gasteiger partial charge on any atom is -0.180 e. The van der Waals surface area contributed by atoms with Crippen LogP contribution in [0.3, 0.4) is 0 Å². The zero-order valence-electron chi connectivity index (χ0n) is 13.2. The average Bonchev–Trinajstić information content (AvgIpc) is 2.23. The summed E-state index contributed by atoms with van der Waals surface area (Å²) in [7, 11) is -0.621. The van der Waals surface area contributed by atoms with Gasteiger partial charge >= 0.3 is 0 Å². The van der Waals surface area contributed by atoms with Crippen molar-refractivity contribution < 1.29 is 4.57 Å². The SMILES string of the molecule is C[n+]1c(C#C[Si](C)(C)C)cccc1C#C[Si](C)(C)C. The molecule has 0 saturated carbocycles. The van der Waals surface area contributed by atoms with E-state index in [-0.39, 0.29) is 0 Å². The quantitative estimate of drug-likeness (QED) is 0.392. The summed E-state index contributed by atoms with van der Waals surface area (Å²) in [5, 5.41) is 0. The number of hydrogen-bond donors (Lipinski definition) is 0. The zero-order chi connectivity index (χ0) is 14.7. The molecule has 3 heteroatoms. The lowest BCUT2D eigenvalue weighted by molar-refractivity contribution is -0.676. The molecule has 1 rings (SSSR count). The molecule has 0 atom stereocenters. The third-order valence-electron chi connectivity index (χ3n) is 2.36. The standard InChI is InChI=1S/C16H24NSi2/c1-17-15(11-13-18(2,3)4)9-8-10-16(17)12-14-19(5,6)7/h8-10H,1-7H3/q+1. The summed E-state index contributed by atoms with van der Waals surface area (Å²) in [5.41, 5.74) is 8.91. The monoisotopic (exact) mass is 286 g/mol. The summed E-state index contributed by atoms with van der Waals surface area (Å²) in [6, 6.07) is 6.17. The fourth-order valence-electron chi connectivity index (χ4n) is 1.34. The molecule has 0 aromatic carbocycles.